The third-order valence-electron chi connectivity index (χ3n) is 5.05. The van der Waals surface area contributed by atoms with E-state index in [0.29, 0.717) is 6.54 Å². The van der Waals surface area contributed by atoms with Crippen molar-refractivity contribution >= 4 is 11.7 Å². The lowest BCUT2D eigenvalue weighted by atomic mass is 9.74. The molecule has 1 aliphatic heterocycles. The number of carbonyl (C=O) groups excluding carboxylic acids is 1. The first kappa shape index (κ1) is 17.5. The zero-order valence-electron chi connectivity index (χ0n) is 15.0. The summed E-state index contributed by atoms with van der Waals surface area (Å²) in [6.07, 6.45) is 1.84. The molecular formula is C21H26N2O2. The number of hydrogen-bond donors (Lipinski definition) is 2. The molecule has 1 saturated heterocycles. The van der Waals surface area contributed by atoms with Crippen LogP contribution in [0.3, 0.4) is 0 Å². The van der Waals surface area contributed by atoms with Gasteiger partial charge in [-0.05, 0) is 43.9 Å². The van der Waals surface area contributed by atoms with Crippen LogP contribution in [-0.4, -0.2) is 25.8 Å². The predicted molar refractivity (Wildman–Crippen MR) is 101 cm³/mol. The number of carbonyl (C=O) groups is 1. The van der Waals surface area contributed by atoms with Crippen LogP contribution in [0.1, 0.15) is 29.5 Å². The SMILES string of the molecule is Cc1ccc(NC(=O)NCC2(c3ccccc3)CCOCC2)c(C)c1. The number of aryl methyl sites for hydroxylation is 2. The molecule has 0 aromatic heterocycles. The van der Waals surface area contributed by atoms with E-state index in [1.54, 1.807) is 0 Å². The molecule has 0 spiro atoms. The molecule has 4 nitrogen and oxygen atoms in total. The van der Waals surface area contributed by atoms with Crippen LogP contribution in [-0.2, 0) is 10.2 Å². The van der Waals surface area contributed by atoms with Gasteiger partial charge < -0.3 is 15.4 Å². The highest BCUT2D eigenvalue weighted by Crippen LogP contribution is 2.34. The summed E-state index contributed by atoms with van der Waals surface area (Å²) in [5, 5.41) is 6.04. The minimum absolute atomic E-state index is 0.0564. The van der Waals surface area contributed by atoms with Gasteiger partial charge >= 0.3 is 6.03 Å². The molecule has 1 fully saturated rings. The van der Waals surface area contributed by atoms with Crippen molar-refractivity contribution in [1.29, 1.82) is 0 Å². The Morgan fingerprint density at radius 2 is 1.80 bits per heavy atom. The minimum atomic E-state index is -0.159. The lowest BCUT2D eigenvalue weighted by Crippen LogP contribution is -2.45. The number of hydrogen-bond acceptors (Lipinski definition) is 2. The zero-order chi connectivity index (χ0) is 17.7. The van der Waals surface area contributed by atoms with E-state index in [2.05, 4.69) is 41.0 Å². The Morgan fingerprint density at radius 1 is 1.08 bits per heavy atom. The largest absolute Gasteiger partial charge is 0.381 e. The topological polar surface area (TPSA) is 50.4 Å². The highest BCUT2D eigenvalue weighted by molar-refractivity contribution is 5.90. The van der Waals surface area contributed by atoms with Crippen molar-refractivity contribution in [1.82, 2.24) is 5.32 Å². The van der Waals surface area contributed by atoms with E-state index in [1.807, 2.05) is 32.0 Å². The van der Waals surface area contributed by atoms with Crippen LogP contribution in [0.4, 0.5) is 10.5 Å². The van der Waals surface area contributed by atoms with Crippen LogP contribution < -0.4 is 10.6 Å². The minimum Gasteiger partial charge on any atom is -0.381 e. The lowest BCUT2D eigenvalue weighted by molar-refractivity contribution is 0.0508. The first-order chi connectivity index (χ1) is 12.1. The summed E-state index contributed by atoms with van der Waals surface area (Å²) in [5.41, 5.74) is 4.32. The highest BCUT2D eigenvalue weighted by Gasteiger charge is 2.34. The molecular weight excluding hydrogens is 312 g/mol. The van der Waals surface area contributed by atoms with Gasteiger partial charge in [0.05, 0.1) is 0 Å². The number of benzene rings is 2. The molecule has 25 heavy (non-hydrogen) atoms. The van der Waals surface area contributed by atoms with Gasteiger partial charge in [-0.25, -0.2) is 4.79 Å². The summed E-state index contributed by atoms with van der Waals surface area (Å²) < 4.78 is 5.55. The first-order valence-corrected chi connectivity index (χ1v) is 8.84. The average Bonchev–Trinajstić information content (AvgIpc) is 2.64. The molecule has 2 aromatic rings. The molecule has 0 atom stereocenters. The fourth-order valence-corrected chi connectivity index (χ4v) is 3.49. The number of nitrogens with one attached hydrogen (secondary N) is 2. The molecule has 0 radical (unpaired) electrons. The average molecular weight is 338 g/mol. The number of anilines is 1. The van der Waals surface area contributed by atoms with Crippen molar-refractivity contribution in [2.45, 2.75) is 32.1 Å². The summed E-state index contributed by atoms with van der Waals surface area (Å²) >= 11 is 0. The van der Waals surface area contributed by atoms with Crippen LogP contribution in [0.25, 0.3) is 0 Å². The molecule has 2 aromatic carbocycles. The summed E-state index contributed by atoms with van der Waals surface area (Å²) in [4.78, 5) is 12.4. The summed E-state index contributed by atoms with van der Waals surface area (Å²) in [6, 6.07) is 16.3. The van der Waals surface area contributed by atoms with Gasteiger partial charge in [-0.1, -0.05) is 48.0 Å². The lowest BCUT2D eigenvalue weighted by Gasteiger charge is -2.38. The van der Waals surface area contributed by atoms with E-state index in [-0.39, 0.29) is 11.4 Å². The van der Waals surface area contributed by atoms with Crippen molar-refractivity contribution in [3.63, 3.8) is 0 Å². The third-order valence-corrected chi connectivity index (χ3v) is 5.05. The summed E-state index contributed by atoms with van der Waals surface area (Å²) in [5.74, 6) is 0. The Bertz CT molecular complexity index is 722. The second kappa shape index (κ2) is 7.70. The second-order valence-electron chi connectivity index (χ2n) is 6.88. The Labute approximate surface area is 149 Å². The molecule has 0 unspecified atom stereocenters. The van der Waals surface area contributed by atoms with Gasteiger partial charge in [-0.15, -0.1) is 0 Å². The van der Waals surface area contributed by atoms with Crippen molar-refractivity contribution in [2.75, 3.05) is 25.1 Å². The summed E-state index contributed by atoms with van der Waals surface area (Å²) in [6.45, 7) is 6.12. The quantitative estimate of drug-likeness (QED) is 0.879. The number of urea groups is 1. The van der Waals surface area contributed by atoms with E-state index >= 15 is 0 Å². The van der Waals surface area contributed by atoms with Crippen LogP contribution in [0.5, 0.6) is 0 Å². The first-order valence-electron chi connectivity index (χ1n) is 8.84. The van der Waals surface area contributed by atoms with Crippen molar-refractivity contribution in [3.8, 4) is 0 Å². The van der Waals surface area contributed by atoms with Gasteiger partial charge in [0.15, 0.2) is 0 Å². The fourth-order valence-electron chi connectivity index (χ4n) is 3.49. The van der Waals surface area contributed by atoms with Crippen LogP contribution >= 0.6 is 0 Å². The normalized spacial score (nSPS) is 16.2. The van der Waals surface area contributed by atoms with Gasteiger partial charge in [0.2, 0.25) is 0 Å². The molecule has 1 aliphatic rings. The monoisotopic (exact) mass is 338 g/mol. The third kappa shape index (κ3) is 4.20. The predicted octanol–water partition coefficient (Wildman–Crippen LogP) is 4.17. The van der Waals surface area contributed by atoms with E-state index in [0.717, 1.165) is 37.3 Å². The van der Waals surface area contributed by atoms with E-state index in [4.69, 9.17) is 4.74 Å². The van der Waals surface area contributed by atoms with E-state index < -0.39 is 0 Å². The van der Waals surface area contributed by atoms with Crippen LogP contribution in [0.2, 0.25) is 0 Å². The standard InChI is InChI=1S/C21H26N2O2/c1-16-8-9-19(17(2)14-16)23-20(24)22-15-21(10-12-25-13-11-21)18-6-4-3-5-7-18/h3-9,14H,10-13,15H2,1-2H3,(H2,22,23,24). The zero-order valence-corrected chi connectivity index (χ0v) is 15.0. The molecule has 0 bridgehead atoms. The molecule has 132 valence electrons. The molecule has 1 heterocycles. The molecule has 2 N–H and O–H groups in total. The van der Waals surface area contributed by atoms with Gasteiger partial charge in [0, 0.05) is 30.9 Å². The van der Waals surface area contributed by atoms with Crippen molar-refractivity contribution in [3.05, 3.63) is 65.2 Å². The van der Waals surface area contributed by atoms with Gasteiger partial charge in [-0.2, -0.15) is 0 Å². The second-order valence-corrected chi connectivity index (χ2v) is 6.88. The van der Waals surface area contributed by atoms with Crippen molar-refractivity contribution in [2.24, 2.45) is 0 Å². The number of amides is 2. The van der Waals surface area contributed by atoms with Crippen molar-refractivity contribution < 1.29 is 9.53 Å². The van der Waals surface area contributed by atoms with Crippen LogP contribution in [0.15, 0.2) is 48.5 Å². The van der Waals surface area contributed by atoms with Crippen LogP contribution in [0, 0.1) is 13.8 Å². The smallest absolute Gasteiger partial charge is 0.319 e. The molecule has 4 heteroatoms. The van der Waals surface area contributed by atoms with E-state index in [1.165, 1.54) is 11.1 Å². The fraction of sp³-hybridized carbons (Fsp3) is 0.381. The maximum atomic E-state index is 12.4. The molecule has 3 rings (SSSR count). The van der Waals surface area contributed by atoms with E-state index in [9.17, 15) is 4.79 Å². The number of rotatable bonds is 4. The summed E-state index contributed by atoms with van der Waals surface area (Å²) in [7, 11) is 0. The Morgan fingerprint density at radius 3 is 2.48 bits per heavy atom. The molecule has 0 saturated carbocycles. The van der Waals surface area contributed by atoms with Gasteiger partial charge in [0.1, 0.15) is 0 Å². The maximum absolute atomic E-state index is 12.4. The highest BCUT2D eigenvalue weighted by atomic mass is 16.5. The molecule has 0 aliphatic carbocycles. The molecule has 2 amide bonds. The van der Waals surface area contributed by atoms with Gasteiger partial charge in [0.25, 0.3) is 0 Å². The van der Waals surface area contributed by atoms with Gasteiger partial charge in [-0.3, -0.25) is 0 Å². The Hall–Kier alpha value is -2.33. The number of ether oxygens (including phenoxy) is 1. The maximum Gasteiger partial charge on any atom is 0.319 e. The Kier molecular flexibility index (Phi) is 5.39. The Balaban J connectivity index is 1.68.